The minimum atomic E-state index is -0.502. The standard InChI is InChI=1S/C5H9FNO/c1-5(8)7(2)4-3-6/h1,3-4H2,2H3. The van der Waals surface area contributed by atoms with Crippen molar-refractivity contribution in [2.24, 2.45) is 0 Å². The molecule has 0 atom stereocenters. The number of carbonyl (C=O) groups excluding carboxylic acids is 1. The normalized spacial score (nSPS) is 8.88. The van der Waals surface area contributed by atoms with Crippen molar-refractivity contribution >= 4 is 5.91 Å². The maximum absolute atomic E-state index is 11.4. The van der Waals surface area contributed by atoms with Crippen molar-refractivity contribution in [3.8, 4) is 0 Å². The highest BCUT2D eigenvalue weighted by atomic mass is 19.1. The Labute approximate surface area is 48.3 Å². The molecule has 0 aliphatic heterocycles. The fourth-order valence-electron chi connectivity index (χ4n) is 0.251. The van der Waals surface area contributed by atoms with Crippen LogP contribution in [-0.2, 0) is 4.79 Å². The van der Waals surface area contributed by atoms with E-state index in [-0.39, 0.29) is 12.5 Å². The van der Waals surface area contributed by atoms with Crippen molar-refractivity contribution in [3.63, 3.8) is 0 Å². The number of halogens is 1. The summed E-state index contributed by atoms with van der Waals surface area (Å²) >= 11 is 0. The molecule has 0 fully saturated rings. The first-order chi connectivity index (χ1) is 3.68. The SMILES string of the molecule is [CH2]C(=O)N(C)CCF. The monoisotopic (exact) mass is 118 g/mol. The molecule has 0 saturated carbocycles. The van der Waals surface area contributed by atoms with Crippen LogP contribution in [0.4, 0.5) is 4.39 Å². The zero-order valence-electron chi connectivity index (χ0n) is 4.85. The van der Waals surface area contributed by atoms with Gasteiger partial charge in [-0.05, 0) is 0 Å². The molecule has 0 aliphatic rings. The smallest absolute Gasteiger partial charge is 0.222 e. The van der Waals surface area contributed by atoms with Gasteiger partial charge in [0.25, 0.3) is 0 Å². The van der Waals surface area contributed by atoms with E-state index in [0.29, 0.717) is 0 Å². The molecule has 0 aromatic heterocycles. The zero-order valence-corrected chi connectivity index (χ0v) is 4.85. The highest BCUT2D eigenvalue weighted by molar-refractivity contribution is 5.79. The van der Waals surface area contributed by atoms with Crippen LogP contribution in [-0.4, -0.2) is 31.1 Å². The van der Waals surface area contributed by atoms with Crippen LogP contribution in [0, 0.1) is 6.92 Å². The molecule has 0 aliphatic carbocycles. The van der Waals surface area contributed by atoms with E-state index in [9.17, 15) is 9.18 Å². The highest BCUT2D eigenvalue weighted by Gasteiger charge is 1.98. The van der Waals surface area contributed by atoms with Crippen molar-refractivity contribution in [1.82, 2.24) is 4.90 Å². The number of carbonyl (C=O) groups is 1. The number of hydrogen-bond donors (Lipinski definition) is 0. The van der Waals surface area contributed by atoms with Crippen LogP contribution in [0.1, 0.15) is 0 Å². The average Bonchev–Trinajstić information content (AvgIpc) is 1.67. The molecule has 0 spiro atoms. The molecular formula is C5H9FNO. The van der Waals surface area contributed by atoms with Crippen LogP contribution in [0.5, 0.6) is 0 Å². The molecule has 0 unspecified atom stereocenters. The van der Waals surface area contributed by atoms with Gasteiger partial charge in [0.1, 0.15) is 6.67 Å². The van der Waals surface area contributed by atoms with Crippen molar-refractivity contribution < 1.29 is 9.18 Å². The predicted molar refractivity (Wildman–Crippen MR) is 29.0 cm³/mol. The molecule has 0 aromatic carbocycles. The van der Waals surface area contributed by atoms with Crippen LogP contribution in [0.25, 0.3) is 0 Å². The lowest BCUT2D eigenvalue weighted by molar-refractivity contribution is -0.125. The van der Waals surface area contributed by atoms with Gasteiger partial charge in [0.2, 0.25) is 5.91 Å². The van der Waals surface area contributed by atoms with E-state index in [1.165, 1.54) is 11.9 Å². The summed E-state index contributed by atoms with van der Waals surface area (Å²) < 4.78 is 11.4. The van der Waals surface area contributed by atoms with Crippen molar-refractivity contribution in [2.45, 2.75) is 0 Å². The molecule has 0 N–H and O–H groups in total. The van der Waals surface area contributed by atoms with Gasteiger partial charge in [0.05, 0.1) is 0 Å². The van der Waals surface area contributed by atoms with Crippen LogP contribution in [0.2, 0.25) is 0 Å². The third kappa shape index (κ3) is 2.55. The maximum Gasteiger partial charge on any atom is 0.222 e. The summed E-state index contributed by atoms with van der Waals surface area (Å²) in [7, 11) is 1.51. The van der Waals surface area contributed by atoms with Crippen molar-refractivity contribution in [3.05, 3.63) is 6.92 Å². The quantitative estimate of drug-likeness (QED) is 0.509. The van der Waals surface area contributed by atoms with Gasteiger partial charge in [0, 0.05) is 20.5 Å². The lowest BCUT2D eigenvalue weighted by Gasteiger charge is -2.10. The van der Waals surface area contributed by atoms with E-state index in [1.807, 2.05) is 0 Å². The second-order valence-electron chi connectivity index (χ2n) is 1.50. The van der Waals surface area contributed by atoms with Crippen molar-refractivity contribution in [2.75, 3.05) is 20.3 Å². The number of alkyl halides is 1. The lowest BCUT2D eigenvalue weighted by atomic mass is 10.5. The highest BCUT2D eigenvalue weighted by Crippen LogP contribution is 1.81. The molecular weight excluding hydrogens is 109 g/mol. The summed E-state index contributed by atoms with van der Waals surface area (Å²) in [6.07, 6.45) is 0. The van der Waals surface area contributed by atoms with Crippen LogP contribution in [0.15, 0.2) is 0 Å². The zero-order chi connectivity index (χ0) is 6.57. The number of amides is 1. The topological polar surface area (TPSA) is 20.3 Å². The van der Waals surface area contributed by atoms with E-state index in [1.54, 1.807) is 0 Å². The van der Waals surface area contributed by atoms with E-state index < -0.39 is 6.67 Å². The minimum Gasteiger partial charge on any atom is -0.343 e. The molecule has 2 nitrogen and oxygen atoms in total. The molecule has 0 heterocycles. The fourth-order valence-corrected chi connectivity index (χ4v) is 0.251. The van der Waals surface area contributed by atoms with Crippen LogP contribution >= 0.6 is 0 Å². The third-order valence-corrected chi connectivity index (χ3v) is 0.846. The third-order valence-electron chi connectivity index (χ3n) is 0.846. The summed E-state index contributed by atoms with van der Waals surface area (Å²) in [4.78, 5) is 11.4. The molecule has 0 bridgehead atoms. The Morgan fingerprint density at radius 3 is 2.50 bits per heavy atom. The summed E-state index contributed by atoms with van der Waals surface area (Å²) in [5.41, 5.74) is 0. The number of rotatable bonds is 2. The Kier molecular flexibility index (Phi) is 3.15. The molecule has 0 aromatic rings. The maximum atomic E-state index is 11.4. The van der Waals surface area contributed by atoms with E-state index >= 15 is 0 Å². The van der Waals surface area contributed by atoms with Gasteiger partial charge in [-0.15, -0.1) is 0 Å². The van der Waals surface area contributed by atoms with Gasteiger partial charge in [-0.3, -0.25) is 4.79 Å². The van der Waals surface area contributed by atoms with Crippen LogP contribution in [0.3, 0.4) is 0 Å². The second-order valence-corrected chi connectivity index (χ2v) is 1.50. The largest absolute Gasteiger partial charge is 0.343 e. The van der Waals surface area contributed by atoms with Gasteiger partial charge in [-0.25, -0.2) is 4.39 Å². The molecule has 47 valence electrons. The Bertz CT molecular complexity index is 84.5. The van der Waals surface area contributed by atoms with Gasteiger partial charge >= 0.3 is 0 Å². The van der Waals surface area contributed by atoms with Crippen molar-refractivity contribution in [1.29, 1.82) is 0 Å². The Balaban J connectivity index is 3.32. The van der Waals surface area contributed by atoms with Gasteiger partial charge in [-0.2, -0.15) is 0 Å². The van der Waals surface area contributed by atoms with E-state index in [4.69, 9.17) is 0 Å². The molecule has 8 heavy (non-hydrogen) atoms. The summed E-state index contributed by atoms with van der Waals surface area (Å²) in [5, 5.41) is 0. The van der Waals surface area contributed by atoms with E-state index in [2.05, 4.69) is 6.92 Å². The second kappa shape index (κ2) is 3.41. The first-order valence-electron chi connectivity index (χ1n) is 2.31. The van der Waals surface area contributed by atoms with Gasteiger partial charge in [0.15, 0.2) is 0 Å². The Morgan fingerprint density at radius 1 is 1.88 bits per heavy atom. The van der Waals surface area contributed by atoms with Crippen LogP contribution < -0.4 is 0 Å². The molecule has 1 radical (unpaired) electrons. The molecule has 3 heteroatoms. The first-order valence-corrected chi connectivity index (χ1v) is 2.31. The summed E-state index contributed by atoms with van der Waals surface area (Å²) in [6.45, 7) is 2.72. The number of nitrogens with zero attached hydrogens (tertiary/aromatic N) is 1. The number of hydrogen-bond acceptors (Lipinski definition) is 1. The molecule has 0 saturated heterocycles. The van der Waals surface area contributed by atoms with Gasteiger partial charge in [-0.1, -0.05) is 0 Å². The first kappa shape index (κ1) is 7.40. The summed E-state index contributed by atoms with van der Waals surface area (Å²) in [6, 6.07) is 0. The lowest BCUT2D eigenvalue weighted by Crippen LogP contribution is -2.25. The Morgan fingerprint density at radius 2 is 2.38 bits per heavy atom. The predicted octanol–water partition coefficient (Wildman–Crippen LogP) is 0.248. The van der Waals surface area contributed by atoms with Gasteiger partial charge < -0.3 is 4.90 Å². The minimum absolute atomic E-state index is 0.141. The Hall–Kier alpha value is -0.600. The molecule has 0 rings (SSSR count). The molecule has 1 amide bonds. The van der Waals surface area contributed by atoms with E-state index in [0.717, 1.165) is 0 Å². The fraction of sp³-hybridized carbons (Fsp3) is 0.600. The summed E-state index contributed by atoms with van der Waals surface area (Å²) in [5.74, 6) is -0.345. The average molecular weight is 118 g/mol.